The number of rotatable bonds is 11. The molecule has 0 aliphatic heterocycles. The van der Waals surface area contributed by atoms with Gasteiger partial charge in [0, 0.05) is 22.7 Å². The number of hydrogen-bond acceptors (Lipinski definition) is 4. The minimum atomic E-state index is -0.918. The van der Waals surface area contributed by atoms with E-state index in [4.69, 9.17) is 11.1 Å². The van der Waals surface area contributed by atoms with E-state index in [2.05, 4.69) is 5.32 Å². The minimum absolute atomic E-state index is 0.0505. The van der Waals surface area contributed by atoms with Crippen LogP contribution in [0.25, 0.3) is 10.1 Å². The van der Waals surface area contributed by atoms with Crippen LogP contribution in [0.4, 0.5) is 0 Å². The van der Waals surface area contributed by atoms with E-state index in [1.54, 1.807) is 11.3 Å². The molecule has 3 rings (SSSR count). The van der Waals surface area contributed by atoms with Gasteiger partial charge in [-0.3, -0.25) is 15.0 Å². The number of amidine groups is 1. The quantitative estimate of drug-likeness (QED) is 0.205. The van der Waals surface area contributed by atoms with E-state index in [0.717, 1.165) is 40.5 Å². The Labute approximate surface area is 185 Å². The predicted octanol–water partition coefficient (Wildman–Crippen LogP) is 4.10. The second kappa shape index (κ2) is 10.7. The molecule has 0 unspecified atom stereocenters. The summed E-state index contributed by atoms with van der Waals surface area (Å²) in [7, 11) is 0. The van der Waals surface area contributed by atoms with Crippen molar-refractivity contribution in [3.8, 4) is 0 Å². The van der Waals surface area contributed by atoms with Gasteiger partial charge < -0.3 is 16.2 Å². The monoisotopic (exact) mass is 437 g/mol. The molecule has 0 fully saturated rings. The van der Waals surface area contributed by atoms with Gasteiger partial charge in [-0.15, -0.1) is 11.3 Å². The van der Waals surface area contributed by atoms with Gasteiger partial charge >= 0.3 is 5.97 Å². The maximum Gasteiger partial charge on any atom is 0.305 e. The number of amides is 1. The molecule has 0 saturated heterocycles. The Morgan fingerprint density at radius 1 is 1.10 bits per heavy atom. The molecule has 6 nitrogen and oxygen atoms in total. The molecular weight excluding hydrogens is 410 g/mol. The fourth-order valence-corrected chi connectivity index (χ4v) is 4.58. The molecule has 162 valence electrons. The van der Waals surface area contributed by atoms with Crippen molar-refractivity contribution in [2.24, 2.45) is 5.73 Å². The zero-order chi connectivity index (χ0) is 22.2. The number of nitrogens with one attached hydrogen (secondary N) is 2. The molecule has 7 heteroatoms. The molecule has 31 heavy (non-hydrogen) atoms. The van der Waals surface area contributed by atoms with E-state index in [1.807, 2.05) is 53.9 Å². The lowest BCUT2D eigenvalue weighted by molar-refractivity contribution is -0.137. The molecule has 1 aromatic heterocycles. The van der Waals surface area contributed by atoms with Crippen molar-refractivity contribution in [1.82, 2.24) is 5.32 Å². The summed E-state index contributed by atoms with van der Waals surface area (Å²) in [6.45, 7) is 0. The van der Waals surface area contributed by atoms with Crippen molar-refractivity contribution < 1.29 is 14.7 Å². The Morgan fingerprint density at radius 2 is 1.84 bits per heavy atom. The Hall–Kier alpha value is -3.19. The molecule has 2 aromatic carbocycles. The SMILES string of the molecule is N=C(N)c1ccc(CCCCC(=O)N[C@@H](CC(=O)O)Cc2csc3ccccc23)cc1. The van der Waals surface area contributed by atoms with Gasteiger partial charge in [-0.25, -0.2) is 0 Å². The van der Waals surface area contributed by atoms with Crippen molar-refractivity contribution in [1.29, 1.82) is 5.41 Å². The molecule has 0 radical (unpaired) electrons. The van der Waals surface area contributed by atoms with Crippen LogP contribution in [0.1, 0.15) is 42.4 Å². The van der Waals surface area contributed by atoms with Crippen molar-refractivity contribution in [2.45, 2.75) is 44.6 Å². The maximum atomic E-state index is 12.4. The number of aryl methyl sites for hydroxylation is 1. The Bertz CT molecular complexity index is 1060. The lowest BCUT2D eigenvalue weighted by Crippen LogP contribution is -2.38. The predicted molar refractivity (Wildman–Crippen MR) is 125 cm³/mol. The molecule has 0 aliphatic rings. The number of carbonyl (C=O) groups excluding carboxylic acids is 1. The van der Waals surface area contributed by atoms with Gasteiger partial charge in [0.25, 0.3) is 0 Å². The largest absolute Gasteiger partial charge is 0.481 e. The van der Waals surface area contributed by atoms with E-state index < -0.39 is 12.0 Å². The van der Waals surface area contributed by atoms with E-state index in [1.165, 1.54) is 0 Å². The number of nitrogen functional groups attached to an aromatic ring is 1. The van der Waals surface area contributed by atoms with Crippen LogP contribution in [0.3, 0.4) is 0 Å². The van der Waals surface area contributed by atoms with Crippen LogP contribution in [-0.4, -0.2) is 28.9 Å². The first-order valence-corrected chi connectivity index (χ1v) is 11.2. The highest BCUT2D eigenvalue weighted by Crippen LogP contribution is 2.27. The number of benzene rings is 2. The molecule has 5 N–H and O–H groups in total. The van der Waals surface area contributed by atoms with Gasteiger partial charge in [0.1, 0.15) is 5.84 Å². The topological polar surface area (TPSA) is 116 Å². The lowest BCUT2D eigenvalue weighted by atomic mass is 10.0. The third kappa shape index (κ3) is 6.65. The standard InChI is InChI=1S/C24H27N3O3S/c25-24(26)17-11-9-16(10-12-17)5-1-4-8-22(28)27-19(14-23(29)30)13-18-15-31-21-7-3-2-6-20(18)21/h2-3,6-7,9-12,15,19H,1,4-5,8,13-14H2,(H3,25,26)(H,27,28)(H,29,30)/t19-/m1/s1. The highest BCUT2D eigenvalue weighted by molar-refractivity contribution is 7.17. The zero-order valence-electron chi connectivity index (χ0n) is 17.3. The normalized spacial score (nSPS) is 11.9. The molecule has 1 amide bonds. The van der Waals surface area contributed by atoms with E-state index >= 15 is 0 Å². The van der Waals surface area contributed by atoms with Gasteiger partial charge in [-0.1, -0.05) is 42.5 Å². The van der Waals surface area contributed by atoms with E-state index in [0.29, 0.717) is 18.4 Å². The summed E-state index contributed by atoms with van der Waals surface area (Å²) in [6.07, 6.45) is 3.19. The average molecular weight is 438 g/mol. The summed E-state index contributed by atoms with van der Waals surface area (Å²) >= 11 is 1.63. The van der Waals surface area contributed by atoms with Gasteiger partial charge in [0.05, 0.1) is 6.42 Å². The van der Waals surface area contributed by atoms with Crippen LogP contribution >= 0.6 is 11.3 Å². The second-order valence-electron chi connectivity index (χ2n) is 7.64. The first-order valence-electron chi connectivity index (χ1n) is 10.3. The van der Waals surface area contributed by atoms with Gasteiger partial charge in [0.15, 0.2) is 0 Å². The van der Waals surface area contributed by atoms with Crippen LogP contribution in [0.2, 0.25) is 0 Å². The molecule has 1 atom stereocenters. The Balaban J connectivity index is 1.48. The summed E-state index contributed by atoms with van der Waals surface area (Å²) in [5, 5.41) is 22.8. The van der Waals surface area contributed by atoms with Gasteiger partial charge in [-0.05, 0) is 53.6 Å². The average Bonchev–Trinajstić information content (AvgIpc) is 3.14. The van der Waals surface area contributed by atoms with Crippen molar-refractivity contribution in [3.05, 3.63) is 70.6 Å². The van der Waals surface area contributed by atoms with Crippen LogP contribution in [-0.2, 0) is 22.4 Å². The lowest BCUT2D eigenvalue weighted by Gasteiger charge is -2.17. The molecule has 0 saturated carbocycles. The highest BCUT2D eigenvalue weighted by Gasteiger charge is 2.18. The molecule has 3 aromatic rings. The van der Waals surface area contributed by atoms with Crippen LogP contribution in [0.15, 0.2) is 53.9 Å². The minimum Gasteiger partial charge on any atom is -0.481 e. The Kier molecular flexibility index (Phi) is 7.78. The first-order chi connectivity index (χ1) is 14.9. The number of fused-ring (bicyclic) bond motifs is 1. The number of hydrogen-bond donors (Lipinski definition) is 4. The number of thiophene rings is 1. The van der Waals surface area contributed by atoms with Crippen LogP contribution in [0.5, 0.6) is 0 Å². The smallest absolute Gasteiger partial charge is 0.305 e. The molecule has 0 spiro atoms. The number of nitrogens with two attached hydrogens (primary N) is 1. The summed E-state index contributed by atoms with van der Waals surface area (Å²) in [6, 6.07) is 15.2. The Morgan fingerprint density at radius 3 is 2.55 bits per heavy atom. The zero-order valence-corrected chi connectivity index (χ0v) is 18.1. The number of unbranched alkanes of at least 4 members (excludes halogenated alkanes) is 1. The van der Waals surface area contributed by atoms with Crippen molar-refractivity contribution >= 4 is 39.1 Å². The third-order valence-electron chi connectivity index (χ3n) is 5.20. The van der Waals surface area contributed by atoms with E-state index in [-0.39, 0.29) is 18.2 Å². The number of carbonyl (C=O) groups is 2. The molecular formula is C24H27N3O3S. The summed E-state index contributed by atoms with van der Waals surface area (Å²) in [4.78, 5) is 23.7. The third-order valence-corrected chi connectivity index (χ3v) is 6.21. The van der Waals surface area contributed by atoms with Crippen LogP contribution < -0.4 is 11.1 Å². The highest BCUT2D eigenvalue weighted by atomic mass is 32.1. The van der Waals surface area contributed by atoms with Gasteiger partial charge in [-0.2, -0.15) is 0 Å². The molecule has 0 bridgehead atoms. The van der Waals surface area contributed by atoms with Gasteiger partial charge in [0.2, 0.25) is 5.91 Å². The summed E-state index contributed by atoms with van der Waals surface area (Å²) in [5.41, 5.74) is 8.37. The summed E-state index contributed by atoms with van der Waals surface area (Å²) in [5.74, 6) is -0.980. The van der Waals surface area contributed by atoms with Crippen LogP contribution in [0, 0.1) is 5.41 Å². The number of carboxylic acids is 1. The second-order valence-corrected chi connectivity index (χ2v) is 8.55. The fraction of sp³-hybridized carbons (Fsp3) is 0.292. The molecule has 0 aliphatic carbocycles. The summed E-state index contributed by atoms with van der Waals surface area (Å²) < 4.78 is 1.16. The van der Waals surface area contributed by atoms with E-state index in [9.17, 15) is 14.7 Å². The molecule has 1 heterocycles. The number of carboxylic acid groups (broad SMARTS) is 1. The fourth-order valence-electron chi connectivity index (χ4n) is 3.61. The van der Waals surface area contributed by atoms with Crippen molar-refractivity contribution in [2.75, 3.05) is 0 Å². The number of aliphatic carboxylic acids is 1. The maximum absolute atomic E-state index is 12.4. The first kappa shape index (κ1) is 22.5. The van der Waals surface area contributed by atoms with Crippen molar-refractivity contribution in [3.63, 3.8) is 0 Å².